The molecule has 4 nitrogen and oxygen atoms in total. The summed E-state index contributed by atoms with van der Waals surface area (Å²) in [6.07, 6.45) is 8.98. The molecular formula is C24H29ClN4. The Labute approximate surface area is 177 Å². The van der Waals surface area contributed by atoms with Crippen LogP contribution in [0.4, 0.5) is 5.95 Å². The average Bonchev–Trinajstić information content (AvgIpc) is 3.06. The highest BCUT2D eigenvalue weighted by atomic mass is 35.5. The first-order chi connectivity index (χ1) is 14.1. The number of nitrogens with one attached hydrogen (secondary N) is 1. The van der Waals surface area contributed by atoms with Crippen LogP contribution < -0.4 is 4.90 Å². The molecule has 1 unspecified atom stereocenters. The Bertz CT molecular complexity index is 1010. The van der Waals surface area contributed by atoms with Crippen LogP contribution in [-0.2, 0) is 6.42 Å². The zero-order valence-electron chi connectivity index (χ0n) is 17.3. The van der Waals surface area contributed by atoms with Gasteiger partial charge in [-0.25, -0.2) is 9.97 Å². The van der Waals surface area contributed by atoms with Crippen molar-refractivity contribution in [2.45, 2.75) is 64.8 Å². The molecule has 152 valence electrons. The van der Waals surface area contributed by atoms with Gasteiger partial charge in [-0.3, -0.25) is 0 Å². The number of anilines is 1. The van der Waals surface area contributed by atoms with Crippen molar-refractivity contribution < 1.29 is 0 Å². The Kier molecular flexibility index (Phi) is 4.99. The number of nitrogens with zero attached hydrogens (tertiary/aromatic N) is 3. The van der Waals surface area contributed by atoms with E-state index in [0.29, 0.717) is 6.04 Å². The highest BCUT2D eigenvalue weighted by molar-refractivity contribution is 6.31. The Hall–Kier alpha value is -2.07. The number of hydrogen-bond acceptors (Lipinski definition) is 3. The van der Waals surface area contributed by atoms with E-state index in [-0.39, 0.29) is 0 Å². The van der Waals surface area contributed by atoms with Crippen molar-refractivity contribution in [3.8, 4) is 0 Å². The third-order valence-electron chi connectivity index (χ3n) is 6.72. The number of fused-ring (bicyclic) bond motifs is 3. The summed E-state index contributed by atoms with van der Waals surface area (Å²) in [4.78, 5) is 15.9. The number of hydrogen-bond donors (Lipinski definition) is 1. The van der Waals surface area contributed by atoms with Crippen LogP contribution in [-0.4, -0.2) is 21.5 Å². The summed E-state index contributed by atoms with van der Waals surface area (Å²) in [5.74, 6) is 1.66. The molecule has 3 heterocycles. The van der Waals surface area contributed by atoms with Gasteiger partial charge in [-0.15, -0.1) is 0 Å². The zero-order valence-corrected chi connectivity index (χ0v) is 18.1. The van der Waals surface area contributed by atoms with Gasteiger partial charge in [0.1, 0.15) is 0 Å². The van der Waals surface area contributed by atoms with Gasteiger partial charge in [0.2, 0.25) is 5.95 Å². The number of H-pyrrole nitrogens is 1. The first kappa shape index (κ1) is 18.9. The predicted molar refractivity (Wildman–Crippen MR) is 120 cm³/mol. The summed E-state index contributed by atoms with van der Waals surface area (Å²) < 4.78 is 0. The Balaban J connectivity index is 1.59. The van der Waals surface area contributed by atoms with Crippen molar-refractivity contribution in [2.24, 2.45) is 5.92 Å². The van der Waals surface area contributed by atoms with Crippen LogP contribution in [0.5, 0.6) is 0 Å². The largest absolute Gasteiger partial charge is 0.356 e. The molecule has 29 heavy (non-hydrogen) atoms. The van der Waals surface area contributed by atoms with Crippen LogP contribution in [0.2, 0.25) is 5.02 Å². The number of aromatic amines is 1. The minimum absolute atomic E-state index is 0.300. The highest BCUT2D eigenvalue weighted by Gasteiger charge is 2.34. The fourth-order valence-electron chi connectivity index (χ4n) is 5.40. The lowest BCUT2D eigenvalue weighted by Gasteiger charge is -2.38. The van der Waals surface area contributed by atoms with Crippen LogP contribution in [0.15, 0.2) is 24.3 Å². The van der Waals surface area contributed by atoms with Gasteiger partial charge >= 0.3 is 0 Å². The lowest BCUT2D eigenvalue weighted by atomic mass is 9.82. The van der Waals surface area contributed by atoms with Crippen molar-refractivity contribution in [3.63, 3.8) is 0 Å². The quantitative estimate of drug-likeness (QED) is 0.552. The van der Waals surface area contributed by atoms with Crippen molar-refractivity contribution in [1.29, 1.82) is 0 Å². The molecule has 3 aromatic rings. The van der Waals surface area contributed by atoms with Crippen LogP contribution in [0.25, 0.3) is 10.9 Å². The summed E-state index contributed by atoms with van der Waals surface area (Å²) in [6, 6.07) is 8.57. The molecule has 5 heteroatoms. The molecule has 0 radical (unpaired) electrons. The lowest BCUT2D eigenvalue weighted by Crippen LogP contribution is -2.38. The van der Waals surface area contributed by atoms with E-state index in [2.05, 4.69) is 41.9 Å². The van der Waals surface area contributed by atoms with E-state index in [1.165, 1.54) is 60.7 Å². The molecule has 0 bridgehead atoms. The van der Waals surface area contributed by atoms with Crippen LogP contribution in [0.1, 0.15) is 67.2 Å². The molecule has 1 saturated carbocycles. The molecule has 2 aromatic heterocycles. The van der Waals surface area contributed by atoms with Gasteiger partial charge in [0, 0.05) is 39.6 Å². The maximum Gasteiger partial charge on any atom is 0.226 e. The second kappa shape index (κ2) is 7.64. The second-order valence-corrected chi connectivity index (χ2v) is 9.29. The molecule has 1 aliphatic carbocycles. The minimum atomic E-state index is 0.300. The molecule has 0 saturated heterocycles. The molecule has 1 fully saturated rings. The van der Waals surface area contributed by atoms with Gasteiger partial charge in [-0.05, 0) is 62.4 Å². The fourth-order valence-corrected chi connectivity index (χ4v) is 5.57. The zero-order chi connectivity index (χ0) is 20.0. The molecule has 1 aliphatic heterocycles. The minimum Gasteiger partial charge on any atom is -0.356 e. The van der Waals surface area contributed by atoms with Crippen LogP contribution in [0.3, 0.4) is 0 Å². The van der Waals surface area contributed by atoms with E-state index in [1.54, 1.807) is 0 Å². The normalized spacial score (nSPS) is 20.2. The van der Waals surface area contributed by atoms with Gasteiger partial charge in [-0.2, -0.15) is 0 Å². The third-order valence-corrected chi connectivity index (χ3v) is 6.96. The average molecular weight is 409 g/mol. The molecule has 1 atom stereocenters. The third kappa shape index (κ3) is 3.63. The maximum atomic E-state index is 6.33. The Morgan fingerprint density at radius 2 is 1.83 bits per heavy atom. The van der Waals surface area contributed by atoms with Crippen molar-refractivity contribution in [1.82, 2.24) is 15.0 Å². The summed E-state index contributed by atoms with van der Waals surface area (Å²) in [7, 11) is 0. The standard InChI is InChI=1S/C24H29ClN4/c1-15-12-16(2)27-24(26-15)29-11-10-19-20-14-18(25)8-9-21(20)28-23(19)22(29)13-17-6-4-3-5-7-17/h8-9,12,14,17,22,28H,3-7,10-11,13H2,1-2H3. The molecule has 0 spiro atoms. The summed E-state index contributed by atoms with van der Waals surface area (Å²) in [5.41, 5.74) is 6.05. The Morgan fingerprint density at radius 1 is 1.07 bits per heavy atom. The predicted octanol–water partition coefficient (Wildman–Crippen LogP) is 6.30. The number of halogens is 1. The number of benzene rings is 1. The van der Waals surface area contributed by atoms with Gasteiger partial charge in [-0.1, -0.05) is 43.7 Å². The van der Waals surface area contributed by atoms with Gasteiger partial charge < -0.3 is 9.88 Å². The number of aromatic nitrogens is 3. The molecular weight excluding hydrogens is 380 g/mol. The van der Waals surface area contributed by atoms with Crippen molar-refractivity contribution in [3.05, 3.63) is 51.9 Å². The molecule has 1 aromatic carbocycles. The van der Waals surface area contributed by atoms with Crippen LogP contribution >= 0.6 is 11.6 Å². The highest BCUT2D eigenvalue weighted by Crippen LogP contribution is 2.42. The monoisotopic (exact) mass is 408 g/mol. The maximum absolute atomic E-state index is 6.33. The topological polar surface area (TPSA) is 44.8 Å². The van der Waals surface area contributed by atoms with E-state index >= 15 is 0 Å². The van der Waals surface area contributed by atoms with E-state index in [1.807, 2.05) is 6.07 Å². The summed E-state index contributed by atoms with van der Waals surface area (Å²) >= 11 is 6.33. The lowest BCUT2D eigenvalue weighted by molar-refractivity contribution is 0.307. The van der Waals surface area contributed by atoms with Crippen LogP contribution in [0, 0.1) is 19.8 Å². The van der Waals surface area contributed by atoms with E-state index in [4.69, 9.17) is 21.6 Å². The molecule has 0 amide bonds. The van der Waals surface area contributed by atoms with E-state index in [0.717, 1.165) is 41.2 Å². The van der Waals surface area contributed by atoms with Gasteiger partial charge in [0.25, 0.3) is 0 Å². The number of aryl methyl sites for hydroxylation is 2. The first-order valence-electron chi connectivity index (χ1n) is 11.0. The smallest absolute Gasteiger partial charge is 0.226 e. The second-order valence-electron chi connectivity index (χ2n) is 8.86. The van der Waals surface area contributed by atoms with E-state index in [9.17, 15) is 0 Å². The Morgan fingerprint density at radius 3 is 2.59 bits per heavy atom. The van der Waals surface area contributed by atoms with Gasteiger partial charge in [0.05, 0.1) is 6.04 Å². The number of rotatable bonds is 3. The van der Waals surface area contributed by atoms with E-state index < -0.39 is 0 Å². The summed E-state index contributed by atoms with van der Waals surface area (Å²) in [5, 5.41) is 2.09. The molecule has 1 N–H and O–H groups in total. The van der Waals surface area contributed by atoms with Crippen molar-refractivity contribution in [2.75, 3.05) is 11.4 Å². The first-order valence-corrected chi connectivity index (χ1v) is 11.4. The SMILES string of the molecule is Cc1cc(C)nc(N2CCc3c([nH]c4ccc(Cl)cc34)C2CC2CCCCC2)n1. The summed E-state index contributed by atoms with van der Waals surface area (Å²) in [6.45, 7) is 5.08. The fraction of sp³-hybridized carbons (Fsp3) is 0.500. The van der Waals surface area contributed by atoms with Crippen molar-refractivity contribution >= 4 is 28.5 Å². The van der Waals surface area contributed by atoms with Gasteiger partial charge in [0.15, 0.2) is 0 Å². The molecule has 2 aliphatic rings. The molecule has 5 rings (SSSR count).